The van der Waals surface area contributed by atoms with Gasteiger partial charge in [0, 0.05) is 37.7 Å². The molecule has 0 amide bonds. The van der Waals surface area contributed by atoms with Gasteiger partial charge < -0.3 is 19.3 Å². The molecular weight excluding hydrogens is 328 g/mol. The third-order valence-electron chi connectivity index (χ3n) is 5.28. The molecule has 1 atom stereocenters. The number of hydrogen-bond acceptors (Lipinski definition) is 6. The Morgan fingerprint density at radius 2 is 1.77 bits per heavy atom. The summed E-state index contributed by atoms with van der Waals surface area (Å²) in [7, 11) is 1.70. The molecule has 0 radical (unpaired) electrons. The standard InChI is InChI=1S/C20H26N4O2/c1-16-12-21-19(22-13-16)24-10-11-26-20(15-24)8-3-9-23(14-20)17-4-6-18(25-2)7-5-17/h4-7,12-13H,3,8-11,14-15H2,1-2H3. The molecule has 0 aliphatic carbocycles. The van der Waals surface area contributed by atoms with Crippen LogP contribution in [0.5, 0.6) is 5.75 Å². The highest BCUT2D eigenvalue weighted by molar-refractivity contribution is 5.50. The Bertz CT molecular complexity index is 730. The van der Waals surface area contributed by atoms with Crippen LogP contribution < -0.4 is 14.5 Å². The highest BCUT2D eigenvalue weighted by Crippen LogP contribution is 2.33. The van der Waals surface area contributed by atoms with Crippen LogP contribution in [-0.2, 0) is 4.74 Å². The van der Waals surface area contributed by atoms with Gasteiger partial charge in [-0.2, -0.15) is 0 Å². The molecule has 1 aromatic carbocycles. The average Bonchev–Trinajstić information content (AvgIpc) is 2.69. The maximum absolute atomic E-state index is 6.31. The van der Waals surface area contributed by atoms with Crippen molar-refractivity contribution in [1.82, 2.24) is 9.97 Å². The van der Waals surface area contributed by atoms with E-state index in [2.05, 4.69) is 31.9 Å². The molecule has 138 valence electrons. The fourth-order valence-corrected chi connectivity index (χ4v) is 3.92. The monoisotopic (exact) mass is 354 g/mol. The second-order valence-corrected chi connectivity index (χ2v) is 7.24. The highest BCUT2D eigenvalue weighted by atomic mass is 16.5. The van der Waals surface area contributed by atoms with Gasteiger partial charge in [-0.15, -0.1) is 0 Å². The summed E-state index contributed by atoms with van der Waals surface area (Å²) >= 11 is 0. The first kappa shape index (κ1) is 17.1. The number of methoxy groups -OCH3 is 1. The van der Waals surface area contributed by atoms with Crippen molar-refractivity contribution >= 4 is 11.6 Å². The van der Waals surface area contributed by atoms with Gasteiger partial charge in [0.15, 0.2) is 0 Å². The molecule has 3 heterocycles. The van der Waals surface area contributed by atoms with Crippen LogP contribution in [0.15, 0.2) is 36.7 Å². The van der Waals surface area contributed by atoms with Crippen LogP contribution in [0.3, 0.4) is 0 Å². The highest BCUT2D eigenvalue weighted by Gasteiger charge is 2.41. The van der Waals surface area contributed by atoms with Gasteiger partial charge in [0.05, 0.1) is 20.3 Å². The Balaban J connectivity index is 1.50. The zero-order valence-electron chi connectivity index (χ0n) is 15.5. The average molecular weight is 354 g/mol. The molecule has 2 fully saturated rings. The van der Waals surface area contributed by atoms with Crippen LogP contribution in [0.4, 0.5) is 11.6 Å². The summed E-state index contributed by atoms with van der Waals surface area (Å²) in [5.74, 6) is 1.69. The number of morpholine rings is 1. The van der Waals surface area contributed by atoms with Crippen molar-refractivity contribution in [2.45, 2.75) is 25.4 Å². The Labute approximate surface area is 154 Å². The fourth-order valence-electron chi connectivity index (χ4n) is 3.92. The molecular formula is C20H26N4O2. The van der Waals surface area contributed by atoms with Crippen molar-refractivity contribution < 1.29 is 9.47 Å². The molecule has 6 heteroatoms. The maximum atomic E-state index is 6.31. The lowest BCUT2D eigenvalue weighted by Gasteiger charge is -2.48. The Hall–Kier alpha value is -2.34. The van der Waals surface area contributed by atoms with Crippen LogP contribution in [0.25, 0.3) is 0 Å². The number of anilines is 2. The van der Waals surface area contributed by atoms with Crippen molar-refractivity contribution in [3.63, 3.8) is 0 Å². The molecule has 0 N–H and O–H groups in total. The van der Waals surface area contributed by atoms with Gasteiger partial charge in [-0.3, -0.25) is 0 Å². The smallest absolute Gasteiger partial charge is 0.225 e. The zero-order chi connectivity index (χ0) is 18.0. The molecule has 1 unspecified atom stereocenters. The summed E-state index contributed by atoms with van der Waals surface area (Å²) in [4.78, 5) is 13.7. The van der Waals surface area contributed by atoms with Crippen molar-refractivity contribution in [1.29, 1.82) is 0 Å². The summed E-state index contributed by atoms with van der Waals surface area (Å²) in [5.41, 5.74) is 2.14. The number of hydrogen-bond donors (Lipinski definition) is 0. The lowest BCUT2D eigenvalue weighted by molar-refractivity contribution is -0.0632. The van der Waals surface area contributed by atoms with E-state index in [9.17, 15) is 0 Å². The van der Waals surface area contributed by atoms with Crippen LogP contribution >= 0.6 is 0 Å². The minimum atomic E-state index is -0.162. The van der Waals surface area contributed by atoms with Gasteiger partial charge in [0.25, 0.3) is 0 Å². The van der Waals surface area contributed by atoms with E-state index in [0.29, 0.717) is 6.61 Å². The van der Waals surface area contributed by atoms with Gasteiger partial charge in [-0.1, -0.05) is 0 Å². The molecule has 6 nitrogen and oxygen atoms in total. The van der Waals surface area contributed by atoms with Gasteiger partial charge in [0.2, 0.25) is 5.95 Å². The molecule has 1 spiro atoms. The van der Waals surface area contributed by atoms with Crippen LogP contribution in [0.1, 0.15) is 18.4 Å². The summed E-state index contributed by atoms with van der Waals surface area (Å²) in [6, 6.07) is 8.29. The lowest BCUT2D eigenvalue weighted by atomic mass is 9.90. The molecule has 2 saturated heterocycles. The predicted molar refractivity (Wildman–Crippen MR) is 102 cm³/mol. The van der Waals surface area contributed by atoms with E-state index in [1.807, 2.05) is 31.5 Å². The maximum Gasteiger partial charge on any atom is 0.225 e. The number of nitrogens with zero attached hydrogens (tertiary/aromatic N) is 4. The second kappa shape index (κ2) is 7.11. The Morgan fingerprint density at radius 1 is 1.04 bits per heavy atom. The zero-order valence-corrected chi connectivity index (χ0v) is 15.5. The van der Waals surface area contributed by atoms with Crippen LogP contribution in [-0.4, -0.2) is 55.5 Å². The van der Waals surface area contributed by atoms with Crippen LogP contribution in [0.2, 0.25) is 0 Å². The molecule has 26 heavy (non-hydrogen) atoms. The molecule has 2 aliphatic rings. The van der Waals surface area contributed by atoms with E-state index in [4.69, 9.17) is 9.47 Å². The van der Waals surface area contributed by atoms with E-state index >= 15 is 0 Å². The van der Waals surface area contributed by atoms with Crippen molar-refractivity contribution in [2.75, 3.05) is 49.7 Å². The molecule has 1 aromatic heterocycles. The van der Waals surface area contributed by atoms with Gasteiger partial charge in [-0.25, -0.2) is 9.97 Å². The van der Waals surface area contributed by atoms with E-state index in [-0.39, 0.29) is 5.60 Å². The molecule has 0 bridgehead atoms. The summed E-state index contributed by atoms with van der Waals surface area (Å²) in [5, 5.41) is 0. The first-order chi connectivity index (χ1) is 12.7. The number of piperidine rings is 1. The number of aryl methyl sites for hydroxylation is 1. The minimum Gasteiger partial charge on any atom is -0.497 e. The minimum absolute atomic E-state index is 0.162. The van der Waals surface area contributed by atoms with Gasteiger partial charge in [0.1, 0.15) is 11.4 Å². The number of benzene rings is 1. The van der Waals surface area contributed by atoms with Crippen molar-refractivity contribution in [3.8, 4) is 5.75 Å². The number of ether oxygens (including phenoxy) is 2. The molecule has 2 aromatic rings. The number of aromatic nitrogens is 2. The summed E-state index contributed by atoms with van der Waals surface area (Å²) < 4.78 is 11.6. The van der Waals surface area contributed by atoms with Crippen molar-refractivity contribution in [3.05, 3.63) is 42.2 Å². The first-order valence-electron chi connectivity index (χ1n) is 9.24. The third kappa shape index (κ3) is 3.46. The Kier molecular flexibility index (Phi) is 4.68. The Morgan fingerprint density at radius 3 is 2.50 bits per heavy atom. The first-order valence-corrected chi connectivity index (χ1v) is 9.24. The molecule has 0 saturated carbocycles. The fraction of sp³-hybridized carbons (Fsp3) is 0.500. The topological polar surface area (TPSA) is 50.7 Å². The molecule has 4 rings (SSSR count). The summed E-state index contributed by atoms with van der Waals surface area (Å²) in [6.45, 7) is 6.35. The van der Waals surface area contributed by atoms with E-state index in [1.54, 1.807) is 7.11 Å². The van der Waals surface area contributed by atoms with E-state index in [1.165, 1.54) is 5.69 Å². The SMILES string of the molecule is COc1ccc(N2CCCC3(C2)CN(c2ncc(C)cn2)CCO3)cc1. The van der Waals surface area contributed by atoms with Gasteiger partial charge in [-0.05, 0) is 49.6 Å². The van der Waals surface area contributed by atoms with Gasteiger partial charge >= 0.3 is 0 Å². The largest absolute Gasteiger partial charge is 0.497 e. The summed E-state index contributed by atoms with van der Waals surface area (Å²) in [6.07, 6.45) is 5.96. The third-order valence-corrected chi connectivity index (χ3v) is 5.28. The normalized spacial score (nSPS) is 23.3. The lowest BCUT2D eigenvalue weighted by Crippen LogP contribution is -2.60. The predicted octanol–water partition coefficient (Wildman–Crippen LogP) is 2.67. The van der Waals surface area contributed by atoms with E-state index < -0.39 is 0 Å². The second-order valence-electron chi connectivity index (χ2n) is 7.24. The quantitative estimate of drug-likeness (QED) is 0.845. The molecule has 2 aliphatic heterocycles. The van der Waals surface area contributed by atoms with Crippen molar-refractivity contribution in [2.24, 2.45) is 0 Å². The number of rotatable bonds is 3. The van der Waals surface area contributed by atoms with E-state index in [0.717, 1.165) is 56.3 Å². The van der Waals surface area contributed by atoms with Crippen LogP contribution in [0, 0.1) is 6.92 Å².